The molecular weight excluding hydrogens is 572 g/mol. The number of amides is 2. The van der Waals surface area contributed by atoms with Crippen molar-refractivity contribution in [3.8, 4) is 22.8 Å². The molecule has 0 aliphatic carbocycles. The minimum Gasteiger partial charge on any atom is -0.497 e. The van der Waals surface area contributed by atoms with Crippen LogP contribution in [0.2, 0.25) is 0 Å². The van der Waals surface area contributed by atoms with Crippen molar-refractivity contribution < 1.29 is 32.6 Å². The highest BCUT2D eigenvalue weighted by Gasteiger charge is 2.33. The molecule has 3 heterocycles. The second-order valence-electron chi connectivity index (χ2n) is 9.62. The monoisotopic (exact) mass is 605 g/mol. The normalized spacial score (nSPS) is 11.9. The summed E-state index contributed by atoms with van der Waals surface area (Å²) in [6.07, 6.45) is 1.38. The van der Waals surface area contributed by atoms with Crippen molar-refractivity contribution in [2.75, 3.05) is 39.8 Å². The fraction of sp³-hybridized carbons (Fsp3) is 0.250. The molecule has 2 N–H and O–H groups in total. The lowest BCUT2D eigenvalue weighted by Gasteiger charge is -2.18. The van der Waals surface area contributed by atoms with Crippen LogP contribution < -0.4 is 20.1 Å². The first-order chi connectivity index (χ1) is 20.8. The molecule has 0 spiro atoms. The summed E-state index contributed by atoms with van der Waals surface area (Å²) < 4.78 is 45.3. The van der Waals surface area contributed by atoms with Gasteiger partial charge in [-0.2, -0.15) is 0 Å². The third-order valence-corrected chi connectivity index (χ3v) is 6.89. The molecule has 10 nitrogen and oxygen atoms in total. The predicted octanol–water partition coefficient (Wildman–Crippen LogP) is 5.35. The number of pyridine rings is 2. The highest BCUT2D eigenvalue weighted by atomic mass is 19.1. The molecule has 4 aromatic rings. The van der Waals surface area contributed by atoms with Gasteiger partial charge in [0, 0.05) is 31.5 Å². The maximum atomic E-state index is 14.8. The quantitative estimate of drug-likeness (QED) is 0.220. The molecule has 0 saturated heterocycles. The molecule has 2 aromatic carbocycles. The minimum atomic E-state index is -0.787. The van der Waals surface area contributed by atoms with Crippen molar-refractivity contribution in [3.63, 3.8) is 0 Å². The molecule has 2 aromatic heterocycles. The van der Waals surface area contributed by atoms with Gasteiger partial charge < -0.3 is 29.7 Å². The number of hydrogen-bond acceptors (Lipinski definition) is 8. The Morgan fingerprint density at radius 3 is 2.43 bits per heavy atom. The third kappa shape index (κ3) is 6.60. The Labute approximate surface area is 254 Å². The summed E-state index contributed by atoms with van der Waals surface area (Å²) in [6.45, 7) is 0.994. The van der Waals surface area contributed by atoms with E-state index in [2.05, 4.69) is 20.6 Å². The van der Waals surface area contributed by atoms with Gasteiger partial charge in [0.25, 0.3) is 11.8 Å². The first-order valence-electron chi connectivity index (χ1n) is 13.3. The SMILES string of the molecule is C.COCCNC(=O)c1ccc(Nc2cc(-c3c(F)cccc3F)nc3c2C(=O)N(Cc2ccc(OC)cc2OC)C3)nc1. The topological polar surface area (TPSA) is 115 Å². The number of carbonyl (C=O) groups excluding carboxylic acids is 2. The molecule has 0 radical (unpaired) electrons. The van der Waals surface area contributed by atoms with Crippen LogP contribution in [-0.4, -0.2) is 61.2 Å². The van der Waals surface area contributed by atoms with Gasteiger partial charge in [-0.05, 0) is 42.5 Å². The minimum absolute atomic E-state index is 0. The van der Waals surface area contributed by atoms with E-state index in [9.17, 15) is 18.4 Å². The van der Waals surface area contributed by atoms with Crippen molar-refractivity contribution >= 4 is 23.3 Å². The maximum Gasteiger partial charge on any atom is 0.258 e. The molecule has 5 rings (SSSR count). The van der Waals surface area contributed by atoms with E-state index in [0.717, 1.165) is 17.7 Å². The Balaban J connectivity index is 0.00000442. The Morgan fingerprint density at radius 1 is 1.00 bits per heavy atom. The number of nitrogens with zero attached hydrogens (tertiary/aromatic N) is 3. The Bertz CT molecular complexity index is 1650. The van der Waals surface area contributed by atoms with Crippen LogP contribution in [0.1, 0.15) is 39.4 Å². The summed E-state index contributed by atoms with van der Waals surface area (Å²) in [4.78, 5) is 36.5. The highest BCUT2D eigenvalue weighted by molar-refractivity contribution is 6.04. The van der Waals surface area contributed by atoms with E-state index in [1.165, 1.54) is 32.5 Å². The Morgan fingerprint density at radius 2 is 1.77 bits per heavy atom. The molecule has 1 aliphatic rings. The van der Waals surface area contributed by atoms with E-state index in [0.29, 0.717) is 41.7 Å². The summed E-state index contributed by atoms with van der Waals surface area (Å²) in [6, 6.07) is 13.4. The van der Waals surface area contributed by atoms with E-state index in [1.807, 2.05) is 0 Å². The average Bonchev–Trinajstić information content (AvgIpc) is 3.32. The molecule has 0 atom stereocenters. The number of benzene rings is 2. The van der Waals surface area contributed by atoms with Crippen LogP contribution in [0.4, 0.5) is 20.3 Å². The number of nitrogens with one attached hydrogen (secondary N) is 2. The van der Waals surface area contributed by atoms with Crippen LogP contribution in [0.15, 0.2) is 60.8 Å². The van der Waals surface area contributed by atoms with Crippen molar-refractivity contribution in [2.24, 2.45) is 0 Å². The van der Waals surface area contributed by atoms with Gasteiger partial charge in [0.2, 0.25) is 0 Å². The van der Waals surface area contributed by atoms with E-state index in [-0.39, 0.29) is 54.8 Å². The van der Waals surface area contributed by atoms with E-state index in [1.54, 1.807) is 42.3 Å². The average molecular weight is 606 g/mol. The van der Waals surface area contributed by atoms with Crippen LogP contribution in [0.3, 0.4) is 0 Å². The number of ether oxygens (including phenoxy) is 3. The largest absolute Gasteiger partial charge is 0.497 e. The van der Waals surface area contributed by atoms with Crippen LogP contribution in [-0.2, 0) is 17.8 Å². The van der Waals surface area contributed by atoms with Gasteiger partial charge in [-0.1, -0.05) is 13.5 Å². The fourth-order valence-corrected chi connectivity index (χ4v) is 4.76. The van der Waals surface area contributed by atoms with Crippen LogP contribution in [0.25, 0.3) is 11.3 Å². The van der Waals surface area contributed by atoms with Gasteiger partial charge in [-0.25, -0.2) is 18.7 Å². The molecule has 12 heteroatoms. The molecular formula is C32H33F2N5O5. The maximum absolute atomic E-state index is 14.8. The number of rotatable bonds is 11. The van der Waals surface area contributed by atoms with Crippen LogP contribution >= 0.6 is 0 Å². The lowest BCUT2D eigenvalue weighted by Crippen LogP contribution is -2.27. The summed E-state index contributed by atoms with van der Waals surface area (Å²) >= 11 is 0. The summed E-state index contributed by atoms with van der Waals surface area (Å²) in [5.74, 6) is -0.777. The number of halogens is 2. The first kappa shape index (κ1) is 31.8. The zero-order valence-electron chi connectivity index (χ0n) is 23.7. The number of fused-ring (bicyclic) bond motifs is 1. The lowest BCUT2D eigenvalue weighted by atomic mass is 10.1. The Hall–Kier alpha value is -5.10. The molecule has 1 aliphatic heterocycles. The molecule has 0 saturated carbocycles. The molecule has 2 amide bonds. The van der Waals surface area contributed by atoms with Crippen LogP contribution in [0, 0.1) is 11.6 Å². The standard InChI is InChI=1S/C31H29F2N5O5.CH4/c1-41-12-11-34-30(39)18-8-10-27(35-15-18)37-24-14-23(28-21(32)5-4-6-22(28)33)36-25-17-38(31(40)29(24)25)16-19-7-9-20(42-2)13-26(19)43-3;/h4-10,13-15H,11-12,16-17H2,1-3H3,(H,34,39)(H,35,36,37);1H4. The molecule has 0 unspecified atom stereocenters. The molecule has 44 heavy (non-hydrogen) atoms. The summed E-state index contributed by atoms with van der Waals surface area (Å²) in [5.41, 5.74) is 1.62. The van der Waals surface area contributed by atoms with E-state index in [4.69, 9.17) is 14.2 Å². The molecule has 0 bridgehead atoms. The van der Waals surface area contributed by atoms with Gasteiger partial charge in [-0.15, -0.1) is 0 Å². The van der Waals surface area contributed by atoms with Gasteiger partial charge in [0.15, 0.2) is 0 Å². The zero-order chi connectivity index (χ0) is 30.5. The predicted molar refractivity (Wildman–Crippen MR) is 161 cm³/mol. The first-order valence-corrected chi connectivity index (χ1v) is 13.3. The summed E-state index contributed by atoms with van der Waals surface area (Å²) in [5, 5.41) is 5.80. The second kappa shape index (κ2) is 13.9. The van der Waals surface area contributed by atoms with Crippen molar-refractivity contribution in [1.82, 2.24) is 20.2 Å². The zero-order valence-corrected chi connectivity index (χ0v) is 23.7. The number of hydrogen-bond donors (Lipinski definition) is 2. The number of aromatic nitrogens is 2. The van der Waals surface area contributed by atoms with Crippen molar-refractivity contribution in [2.45, 2.75) is 20.5 Å². The van der Waals surface area contributed by atoms with Gasteiger partial charge >= 0.3 is 0 Å². The summed E-state index contributed by atoms with van der Waals surface area (Å²) in [7, 11) is 4.61. The van der Waals surface area contributed by atoms with E-state index >= 15 is 0 Å². The molecule has 0 fully saturated rings. The number of anilines is 2. The van der Waals surface area contributed by atoms with E-state index < -0.39 is 11.6 Å². The number of methoxy groups -OCH3 is 3. The van der Waals surface area contributed by atoms with Gasteiger partial charge in [0.1, 0.15) is 29.0 Å². The molecule has 230 valence electrons. The second-order valence-corrected chi connectivity index (χ2v) is 9.62. The van der Waals surface area contributed by atoms with Crippen molar-refractivity contribution in [3.05, 3.63) is 94.8 Å². The third-order valence-electron chi connectivity index (χ3n) is 6.89. The smallest absolute Gasteiger partial charge is 0.258 e. The highest BCUT2D eigenvalue weighted by Crippen LogP contribution is 2.37. The van der Waals surface area contributed by atoms with Gasteiger partial charge in [0.05, 0.1) is 67.7 Å². The van der Waals surface area contributed by atoms with Crippen molar-refractivity contribution in [1.29, 1.82) is 0 Å². The fourth-order valence-electron chi connectivity index (χ4n) is 4.76. The Kier molecular flexibility index (Phi) is 10.1. The van der Waals surface area contributed by atoms with Crippen LogP contribution in [0.5, 0.6) is 11.5 Å². The lowest BCUT2D eigenvalue weighted by molar-refractivity contribution is 0.0765. The number of carbonyl (C=O) groups is 2. The van der Waals surface area contributed by atoms with Gasteiger partial charge in [-0.3, -0.25) is 9.59 Å².